The van der Waals surface area contributed by atoms with Crippen LogP contribution in [0.1, 0.15) is 63.4 Å². The van der Waals surface area contributed by atoms with Crippen molar-refractivity contribution >= 4 is 11.3 Å². The van der Waals surface area contributed by atoms with Crippen molar-refractivity contribution in [1.82, 2.24) is 5.32 Å². The minimum atomic E-state index is 0.428. The Morgan fingerprint density at radius 2 is 2.06 bits per heavy atom. The van der Waals surface area contributed by atoms with E-state index in [1.807, 2.05) is 11.3 Å². The Morgan fingerprint density at radius 3 is 2.53 bits per heavy atom. The molecule has 1 unspecified atom stereocenters. The summed E-state index contributed by atoms with van der Waals surface area (Å²) >= 11 is 1.90. The first-order valence-corrected chi connectivity index (χ1v) is 7.59. The number of thiophene rings is 1. The van der Waals surface area contributed by atoms with E-state index in [1.54, 1.807) is 0 Å². The molecule has 1 rings (SSSR count). The first-order valence-electron chi connectivity index (χ1n) is 6.71. The number of nitrogens with one attached hydrogen (secondary N) is 1. The second-order valence-electron chi connectivity index (χ2n) is 6.07. The molecule has 1 aromatic heterocycles. The monoisotopic (exact) mass is 253 g/mol. The number of rotatable bonds is 6. The molecule has 2 heteroatoms. The van der Waals surface area contributed by atoms with E-state index in [1.165, 1.54) is 29.7 Å². The van der Waals surface area contributed by atoms with Gasteiger partial charge in [0.05, 0.1) is 0 Å². The van der Waals surface area contributed by atoms with Crippen LogP contribution in [0.2, 0.25) is 0 Å². The van der Waals surface area contributed by atoms with Gasteiger partial charge in [-0.1, -0.05) is 27.7 Å². The summed E-state index contributed by atoms with van der Waals surface area (Å²) in [6, 6.07) is 2.78. The highest BCUT2D eigenvalue weighted by molar-refractivity contribution is 7.10. The molecular weight excluding hydrogens is 226 g/mol. The van der Waals surface area contributed by atoms with Crippen molar-refractivity contribution in [3.05, 3.63) is 21.9 Å². The van der Waals surface area contributed by atoms with Crippen LogP contribution < -0.4 is 5.32 Å². The highest BCUT2D eigenvalue weighted by atomic mass is 32.1. The van der Waals surface area contributed by atoms with Crippen molar-refractivity contribution in [1.29, 1.82) is 0 Å². The number of aryl methyl sites for hydroxylation is 1. The van der Waals surface area contributed by atoms with Crippen LogP contribution in [0.15, 0.2) is 11.4 Å². The van der Waals surface area contributed by atoms with Gasteiger partial charge in [0, 0.05) is 10.9 Å². The Hall–Kier alpha value is -0.340. The predicted molar refractivity (Wildman–Crippen MR) is 78.8 cm³/mol. The summed E-state index contributed by atoms with van der Waals surface area (Å²) in [6.45, 7) is 12.5. The van der Waals surface area contributed by atoms with Gasteiger partial charge in [-0.3, -0.25) is 0 Å². The summed E-state index contributed by atoms with van der Waals surface area (Å²) in [4.78, 5) is 1.53. The van der Waals surface area contributed by atoms with Crippen LogP contribution in [-0.2, 0) is 0 Å². The van der Waals surface area contributed by atoms with Crippen molar-refractivity contribution < 1.29 is 0 Å². The fourth-order valence-electron chi connectivity index (χ4n) is 1.96. The van der Waals surface area contributed by atoms with Gasteiger partial charge in [0.15, 0.2) is 0 Å². The SMILES string of the molecule is CCCNC(CCC(C)(C)C)c1sccc1C. The normalized spacial score (nSPS) is 13.9. The van der Waals surface area contributed by atoms with E-state index < -0.39 is 0 Å². The molecule has 1 atom stereocenters. The third-order valence-electron chi connectivity index (χ3n) is 3.04. The van der Waals surface area contributed by atoms with Crippen LogP contribution in [0.5, 0.6) is 0 Å². The number of hydrogen-bond donors (Lipinski definition) is 1. The molecule has 1 N–H and O–H groups in total. The summed E-state index contributed by atoms with van der Waals surface area (Å²) in [7, 11) is 0. The highest BCUT2D eigenvalue weighted by Crippen LogP contribution is 2.31. The van der Waals surface area contributed by atoms with Crippen LogP contribution in [0.4, 0.5) is 0 Å². The summed E-state index contributed by atoms with van der Waals surface area (Å²) in [5, 5.41) is 5.91. The molecule has 0 saturated heterocycles. The van der Waals surface area contributed by atoms with E-state index in [2.05, 4.69) is 51.4 Å². The Labute approximate surface area is 111 Å². The van der Waals surface area contributed by atoms with Crippen LogP contribution in [0, 0.1) is 12.3 Å². The molecule has 1 aromatic rings. The molecule has 0 amide bonds. The molecule has 0 aliphatic rings. The fraction of sp³-hybridized carbons (Fsp3) is 0.733. The molecule has 0 fully saturated rings. The van der Waals surface area contributed by atoms with Gasteiger partial charge in [-0.05, 0) is 55.2 Å². The minimum Gasteiger partial charge on any atom is -0.309 e. The van der Waals surface area contributed by atoms with Crippen molar-refractivity contribution in [3.63, 3.8) is 0 Å². The van der Waals surface area contributed by atoms with E-state index in [9.17, 15) is 0 Å². The van der Waals surface area contributed by atoms with E-state index in [0.717, 1.165) is 6.54 Å². The molecule has 0 radical (unpaired) electrons. The Kier molecular flexibility index (Phi) is 5.68. The molecule has 1 heterocycles. The Morgan fingerprint density at radius 1 is 1.35 bits per heavy atom. The summed E-state index contributed by atoms with van der Waals surface area (Å²) in [6.07, 6.45) is 3.72. The standard InChI is InChI=1S/C15H27NS/c1-6-10-16-13(7-9-15(3,4)5)14-12(2)8-11-17-14/h8,11,13,16H,6-7,9-10H2,1-5H3. The lowest BCUT2D eigenvalue weighted by molar-refractivity contribution is 0.333. The molecule has 0 aliphatic heterocycles. The first kappa shape index (κ1) is 14.7. The maximum Gasteiger partial charge on any atom is 0.0417 e. The van der Waals surface area contributed by atoms with Crippen LogP contribution in [-0.4, -0.2) is 6.54 Å². The van der Waals surface area contributed by atoms with E-state index in [-0.39, 0.29) is 0 Å². The van der Waals surface area contributed by atoms with E-state index in [0.29, 0.717) is 11.5 Å². The largest absolute Gasteiger partial charge is 0.309 e. The average Bonchev–Trinajstić information content (AvgIpc) is 2.63. The minimum absolute atomic E-state index is 0.428. The lowest BCUT2D eigenvalue weighted by Crippen LogP contribution is -2.23. The fourth-order valence-corrected chi connectivity index (χ4v) is 3.00. The van der Waals surface area contributed by atoms with Crippen LogP contribution in [0.3, 0.4) is 0 Å². The van der Waals surface area contributed by atoms with Gasteiger partial charge in [0.2, 0.25) is 0 Å². The van der Waals surface area contributed by atoms with Crippen molar-refractivity contribution in [3.8, 4) is 0 Å². The second kappa shape index (κ2) is 6.55. The van der Waals surface area contributed by atoms with E-state index >= 15 is 0 Å². The van der Waals surface area contributed by atoms with E-state index in [4.69, 9.17) is 0 Å². The third-order valence-corrected chi connectivity index (χ3v) is 4.17. The zero-order chi connectivity index (χ0) is 12.9. The van der Waals surface area contributed by atoms with Crippen LogP contribution >= 0.6 is 11.3 Å². The smallest absolute Gasteiger partial charge is 0.0417 e. The summed E-state index contributed by atoms with van der Waals surface area (Å²) in [5.74, 6) is 0. The van der Waals surface area contributed by atoms with Gasteiger partial charge in [-0.2, -0.15) is 0 Å². The molecule has 0 spiro atoms. The first-order chi connectivity index (χ1) is 7.94. The van der Waals surface area contributed by atoms with Crippen molar-refractivity contribution in [2.75, 3.05) is 6.54 Å². The van der Waals surface area contributed by atoms with Gasteiger partial charge in [0.1, 0.15) is 0 Å². The molecule has 0 aliphatic carbocycles. The van der Waals surface area contributed by atoms with Gasteiger partial charge in [0.25, 0.3) is 0 Å². The lowest BCUT2D eigenvalue weighted by Gasteiger charge is -2.24. The average molecular weight is 253 g/mol. The molecule has 1 nitrogen and oxygen atoms in total. The van der Waals surface area contributed by atoms with Crippen LogP contribution in [0.25, 0.3) is 0 Å². The maximum atomic E-state index is 3.70. The topological polar surface area (TPSA) is 12.0 Å². The second-order valence-corrected chi connectivity index (χ2v) is 7.02. The quantitative estimate of drug-likeness (QED) is 0.758. The third kappa shape index (κ3) is 5.22. The van der Waals surface area contributed by atoms with Gasteiger partial charge in [-0.15, -0.1) is 11.3 Å². The molecular formula is C15H27NS. The predicted octanol–water partition coefficient (Wildman–Crippen LogP) is 4.92. The van der Waals surface area contributed by atoms with Crippen molar-refractivity contribution in [2.45, 2.75) is 59.9 Å². The molecule has 17 heavy (non-hydrogen) atoms. The Bertz CT molecular complexity index is 322. The molecule has 0 aromatic carbocycles. The molecule has 0 bridgehead atoms. The van der Waals surface area contributed by atoms with Gasteiger partial charge >= 0.3 is 0 Å². The summed E-state index contributed by atoms with van der Waals surface area (Å²) in [5.41, 5.74) is 1.87. The van der Waals surface area contributed by atoms with Gasteiger partial charge in [-0.25, -0.2) is 0 Å². The van der Waals surface area contributed by atoms with Crippen molar-refractivity contribution in [2.24, 2.45) is 5.41 Å². The zero-order valence-corrected chi connectivity index (χ0v) is 12.8. The lowest BCUT2D eigenvalue weighted by atomic mass is 9.88. The number of hydrogen-bond acceptors (Lipinski definition) is 2. The maximum absolute atomic E-state index is 3.70. The highest BCUT2D eigenvalue weighted by Gasteiger charge is 2.18. The molecule has 98 valence electrons. The zero-order valence-electron chi connectivity index (χ0n) is 12.0. The molecule has 0 saturated carbocycles. The Balaban J connectivity index is 2.64. The van der Waals surface area contributed by atoms with Gasteiger partial charge < -0.3 is 5.32 Å². The summed E-state index contributed by atoms with van der Waals surface area (Å²) < 4.78 is 0.